The Bertz CT molecular complexity index is 1260. The maximum Gasteiger partial charge on any atom is 0.343 e. The van der Waals surface area contributed by atoms with Gasteiger partial charge in [0, 0.05) is 18.2 Å². The Kier molecular flexibility index (Phi) is 6.22. The van der Waals surface area contributed by atoms with Gasteiger partial charge in [-0.1, -0.05) is 73.5 Å². The van der Waals surface area contributed by atoms with Crippen molar-refractivity contribution < 1.29 is 9.53 Å². The number of hydrogen-bond donors (Lipinski definition) is 0. The lowest BCUT2D eigenvalue weighted by atomic mass is 10.1. The Labute approximate surface area is 189 Å². The van der Waals surface area contributed by atoms with E-state index in [1.165, 1.54) is 0 Å². The molecule has 4 rings (SSSR count). The summed E-state index contributed by atoms with van der Waals surface area (Å²) in [6.45, 7) is 9.21. The van der Waals surface area contributed by atoms with E-state index < -0.39 is 0 Å². The zero-order valence-corrected chi connectivity index (χ0v) is 19.0. The number of ether oxygens (including phenoxy) is 1. The molecule has 0 aliphatic heterocycles. The fourth-order valence-electron chi connectivity index (χ4n) is 3.62. The highest BCUT2D eigenvalue weighted by Crippen LogP contribution is 2.25. The molecule has 3 aromatic carbocycles. The van der Waals surface area contributed by atoms with Crippen molar-refractivity contribution in [1.29, 1.82) is 0 Å². The quantitative estimate of drug-likeness (QED) is 0.257. The summed E-state index contributed by atoms with van der Waals surface area (Å²) in [5, 5.41) is 0. The first-order valence-electron chi connectivity index (χ1n) is 10.9. The fraction of sp³-hybridized carbons (Fsp3) is 0.214. The number of imidazole rings is 1. The highest BCUT2D eigenvalue weighted by Gasteiger charge is 2.16. The third kappa shape index (κ3) is 4.80. The number of fused-ring (bicyclic) bond motifs is 1. The van der Waals surface area contributed by atoms with E-state index in [1.807, 2.05) is 74.5 Å². The summed E-state index contributed by atoms with van der Waals surface area (Å²) in [5.74, 6) is 1.31. The van der Waals surface area contributed by atoms with Crippen LogP contribution in [0, 0.1) is 19.8 Å². The van der Waals surface area contributed by atoms with Gasteiger partial charge in [0.15, 0.2) is 0 Å². The van der Waals surface area contributed by atoms with E-state index in [0.29, 0.717) is 17.2 Å². The van der Waals surface area contributed by atoms with Crippen molar-refractivity contribution in [3.63, 3.8) is 0 Å². The lowest BCUT2D eigenvalue weighted by Crippen LogP contribution is -2.08. The fourth-order valence-corrected chi connectivity index (χ4v) is 3.62. The molecule has 0 amide bonds. The lowest BCUT2D eigenvalue weighted by Gasteiger charge is -2.13. The normalized spacial score (nSPS) is 11.8. The second kappa shape index (κ2) is 9.23. The van der Waals surface area contributed by atoms with Crippen molar-refractivity contribution in [3.05, 3.63) is 101 Å². The molecule has 0 N–H and O–H groups in total. The van der Waals surface area contributed by atoms with Gasteiger partial charge in [0.25, 0.3) is 0 Å². The summed E-state index contributed by atoms with van der Waals surface area (Å²) in [4.78, 5) is 17.8. The van der Waals surface area contributed by atoms with E-state index in [9.17, 15) is 4.79 Å². The molecule has 0 atom stereocenters. The molecule has 0 saturated carbocycles. The van der Waals surface area contributed by atoms with E-state index in [-0.39, 0.29) is 5.97 Å². The summed E-state index contributed by atoms with van der Waals surface area (Å²) in [5.41, 5.74) is 5.58. The van der Waals surface area contributed by atoms with Crippen molar-refractivity contribution in [1.82, 2.24) is 9.55 Å². The minimum absolute atomic E-state index is 0.386. The number of para-hydroxylation sites is 2. The SMILES string of the molecule is Cc1ccc(C(=O)OC(=Cc2nc3ccccc3n2CC(C)C)c2ccc(C)cc2)cc1. The zero-order valence-electron chi connectivity index (χ0n) is 19.0. The van der Waals surface area contributed by atoms with Crippen molar-refractivity contribution >= 4 is 28.8 Å². The number of carbonyl (C=O) groups excluding carboxylic acids is 1. The van der Waals surface area contributed by atoms with Crippen LogP contribution >= 0.6 is 0 Å². The van der Waals surface area contributed by atoms with Crippen LogP contribution in [0.2, 0.25) is 0 Å². The Hall–Kier alpha value is -3.66. The minimum atomic E-state index is -0.386. The largest absolute Gasteiger partial charge is 0.422 e. The second-order valence-electron chi connectivity index (χ2n) is 8.59. The Balaban J connectivity index is 1.80. The molecule has 4 aromatic rings. The van der Waals surface area contributed by atoms with Gasteiger partial charge >= 0.3 is 5.97 Å². The first-order chi connectivity index (χ1) is 15.4. The van der Waals surface area contributed by atoms with E-state index >= 15 is 0 Å². The van der Waals surface area contributed by atoms with Crippen LogP contribution in [-0.2, 0) is 11.3 Å². The highest BCUT2D eigenvalue weighted by molar-refractivity contribution is 5.95. The summed E-state index contributed by atoms with van der Waals surface area (Å²) in [6.07, 6.45) is 1.87. The van der Waals surface area contributed by atoms with Crippen molar-refractivity contribution in [2.24, 2.45) is 5.92 Å². The third-order valence-electron chi connectivity index (χ3n) is 5.32. The molecule has 4 heteroatoms. The van der Waals surface area contributed by atoms with Crippen LogP contribution in [0.5, 0.6) is 0 Å². The number of nitrogens with zero attached hydrogens (tertiary/aromatic N) is 2. The standard InChI is InChI=1S/C28H28N2O2/c1-19(2)18-30-25-8-6-5-7-24(25)29-27(30)17-26(22-13-9-20(3)10-14-22)32-28(31)23-15-11-21(4)12-16-23/h5-17,19H,18H2,1-4H3. The lowest BCUT2D eigenvalue weighted by molar-refractivity contribution is 0.0693. The molecule has 0 spiro atoms. The molecule has 0 fully saturated rings. The molecule has 1 aromatic heterocycles. The Morgan fingerprint density at radius 2 is 1.50 bits per heavy atom. The van der Waals surface area contributed by atoms with Gasteiger partial charge in [-0.2, -0.15) is 0 Å². The molecule has 0 aliphatic rings. The predicted molar refractivity (Wildman–Crippen MR) is 130 cm³/mol. The van der Waals surface area contributed by atoms with Gasteiger partial charge in [0.05, 0.1) is 16.6 Å². The molecule has 0 radical (unpaired) electrons. The van der Waals surface area contributed by atoms with Gasteiger partial charge in [0.2, 0.25) is 0 Å². The number of hydrogen-bond acceptors (Lipinski definition) is 3. The summed E-state index contributed by atoms with van der Waals surface area (Å²) in [7, 11) is 0. The Morgan fingerprint density at radius 3 is 2.12 bits per heavy atom. The summed E-state index contributed by atoms with van der Waals surface area (Å²) < 4.78 is 8.12. The molecular weight excluding hydrogens is 396 g/mol. The molecule has 1 heterocycles. The number of aryl methyl sites for hydroxylation is 2. The molecule has 4 nitrogen and oxygen atoms in total. The van der Waals surface area contributed by atoms with Crippen LogP contribution in [0.1, 0.15) is 46.7 Å². The van der Waals surface area contributed by atoms with E-state index in [1.54, 1.807) is 12.1 Å². The molecule has 32 heavy (non-hydrogen) atoms. The van der Waals surface area contributed by atoms with Gasteiger partial charge in [0.1, 0.15) is 11.6 Å². The zero-order chi connectivity index (χ0) is 22.7. The molecule has 0 aliphatic carbocycles. The van der Waals surface area contributed by atoms with E-state index in [4.69, 9.17) is 9.72 Å². The first-order valence-corrected chi connectivity index (χ1v) is 10.9. The molecule has 162 valence electrons. The van der Waals surface area contributed by atoms with E-state index in [2.05, 4.69) is 24.5 Å². The highest BCUT2D eigenvalue weighted by atomic mass is 16.5. The number of carbonyl (C=O) groups is 1. The van der Waals surface area contributed by atoms with Crippen molar-refractivity contribution in [2.75, 3.05) is 0 Å². The topological polar surface area (TPSA) is 44.1 Å². The van der Waals surface area contributed by atoms with Gasteiger partial charge < -0.3 is 9.30 Å². The maximum absolute atomic E-state index is 12.9. The number of aromatic nitrogens is 2. The van der Waals surface area contributed by atoms with Crippen LogP contribution < -0.4 is 0 Å². The van der Waals surface area contributed by atoms with Crippen molar-refractivity contribution in [2.45, 2.75) is 34.2 Å². The van der Waals surface area contributed by atoms with Crippen LogP contribution in [0.3, 0.4) is 0 Å². The average Bonchev–Trinajstić information content (AvgIpc) is 3.11. The van der Waals surface area contributed by atoms with Crippen LogP contribution in [0.25, 0.3) is 22.9 Å². The first kappa shape index (κ1) is 21.6. The number of rotatable bonds is 6. The molecular formula is C28H28N2O2. The predicted octanol–water partition coefficient (Wildman–Crippen LogP) is 6.66. The molecule has 0 unspecified atom stereocenters. The maximum atomic E-state index is 12.9. The third-order valence-corrected chi connectivity index (χ3v) is 5.32. The van der Waals surface area contributed by atoms with Crippen LogP contribution in [-0.4, -0.2) is 15.5 Å². The average molecular weight is 425 g/mol. The number of benzene rings is 3. The van der Waals surface area contributed by atoms with Crippen LogP contribution in [0.15, 0.2) is 72.8 Å². The smallest absolute Gasteiger partial charge is 0.343 e. The van der Waals surface area contributed by atoms with Gasteiger partial charge in [-0.05, 0) is 44.0 Å². The second-order valence-corrected chi connectivity index (χ2v) is 8.59. The summed E-state index contributed by atoms with van der Waals surface area (Å²) in [6, 6.07) is 23.5. The van der Waals surface area contributed by atoms with Crippen LogP contribution in [0.4, 0.5) is 0 Å². The summed E-state index contributed by atoms with van der Waals surface area (Å²) >= 11 is 0. The molecule has 0 saturated heterocycles. The minimum Gasteiger partial charge on any atom is -0.422 e. The van der Waals surface area contributed by atoms with Gasteiger partial charge in [-0.25, -0.2) is 9.78 Å². The van der Waals surface area contributed by atoms with E-state index in [0.717, 1.165) is 40.1 Å². The van der Waals surface area contributed by atoms with Crippen molar-refractivity contribution in [3.8, 4) is 0 Å². The van der Waals surface area contributed by atoms with Gasteiger partial charge in [-0.15, -0.1) is 0 Å². The number of esters is 1. The van der Waals surface area contributed by atoms with Gasteiger partial charge in [-0.3, -0.25) is 0 Å². The molecule has 0 bridgehead atoms. The monoisotopic (exact) mass is 424 g/mol. The Morgan fingerprint density at radius 1 is 0.906 bits per heavy atom.